The van der Waals surface area contributed by atoms with Crippen molar-refractivity contribution in [3.63, 3.8) is 0 Å². The molecule has 2 aliphatic rings. The molecule has 0 aromatic heterocycles. The summed E-state index contributed by atoms with van der Waals surface area (Å²) in [5.41, 5.74) is 0. The van der Waals surface area contributed by atoms with Crippen molar-refractivity contribution in [2.75, 3.05) is 26.7 Å². The van der Waals surface area contributed by atoms with Gasteiger partial charge in [0, 0.05) is 12.6 Å². The maximum atomic E-state index is 11.8. The second-order valence-corrected chi connectivity index (χ2v) is 5.39. The van der Waals surface area contributed by atoms with Crippen LogP contribution in [0.15, 0.2) is 0 Å². The fourth-order valence-corrected chi connectivity index (χ4v) is 2.81. The second-order valence-electron chi connectivity index (χ2n) is 5.39. The molecule has 2 heterocycles. The van der Waals surface area contributed by atoms with Gasteiger partial charge >= 0.3 is 0 Å². The van der Waals surface area contributed by atoms with Crippen molar-refractivity contribution < 1.29 is 4.79 Å². The van der Waals surface area contributed by atoms with Crippen LogP contribution >= 0.6 is 0 Å². The summed E-state index contributed by atoms with van der Waals surface area (Å²) in [5, 5.41) is 3.30. The van der Waals surface area contributed by atoms with E-state index in [9.17, 15) is 4.79 Å². The third-order valence-electron chi connectivity index (χ3n) is 3.83. The minimum atomic E-state index is 0.237. The van der Waals surface area contributed by atoms with E-state index in [1.165, 1.54) is 19.4 Å². The number of hydrogen-bond donors (Lipinski definition) is 1. The summed E-state index contributed by atoms with van der Waals surface area (Å²) in [6.07, 6.45) is 2.73. The van der Waals surface area contributed by atoms with E-state index in [4.69, 9.17) is 0 Å². The fraction of sp³-hybridized carbons (Fsp3) is 0.917. The molecule has 0 aromatic carbocycles. The zero-order valence-electron chi connectivity index (χ0n) is 10.6. The van der Waals surface area contributed by atoms with Gasteiger partial charge in [0.25, 0.3) is 0 Å². The third-order valence-corrected chi connectivity index (χ3v) is 3.83. The Bertz CT molecular complexity index is 267. The highest BCUT2D eigenvalue weighted by Crippen LogP contribution is 2.20. The number of nitrogens with one attached hydrogen (secondary N) is 1. The minimum absolute atomic E-state index is 0.237. The molecule has 0 aromatic rings. The fourth-order valence-electron chi connectivity index (χ4n) is 2.81. The molecule has 0 saturated carbocycles. The molecule has 92 valence electrons. The molecule has 2 saturated heterocycles. The Hall–Kier alpha value is -0.610. The zero-order chi connectivity index (χ0) is 11.7. The molecule has 0 radical (unpaired) electrons. The van der Waals surface area contributed by atoms with Crippen molar-refractivity contribution >= 4 is 5.91 Å². The third kappa shape index (κ3) is 2.23. The van der Waals surface area contributed by atoms with Gasteiger partial charge in [-0.3, -0.25) is 10.1 Å². The van der Waals surface area contributed by atoms with Gasteiger partial charge in [0.1, 0.15) is 0 Å². The lowest BCUT2D eigenvalue weighted by Crippen LogP contribution is -2.47. The van der Waals surface area contributed by atoms with Gasteiger partial charge in [0.05, 0.1) is 12.7 Å². The number of rotatable bonds is 3. The van der Waals surface area contributed by atoms with Crippen molar-refractivity contribution in [2.45, 2.75) is 38.9 Å². The quantitative estimate of drug-likeness (QED) is 0.759. The summed E-state index contributed by atoms with van der Waals surface area (Å²) in [6, 6.07) is 0.560. The first-order valence-electron chi connectivity index (χ1n) is 6.32. The molecule has 4 heteroatoms. The molecule has 1 amide bonds. The average Bonchev–Trinajstić information content (AvgIpc) is 2.76. The summed E-state index contributed by atoms with van der Waals surface area (Å²) in [5.74, 6) is 0.747. The molecule has 2 aliphatic heterocycles. The summed E-state index contributed by atoms with van der Waals surface area (Å²) in [6.45, 7) is 6.92. The average molecular weight is 225 g/mol. The maximum absolute atomic E-state index is 11.8. The van der Waals surface area contributed by atoms with Gasteiger partial charge in [-0.2, -0.15) is 0 Å². The van der Waals surface area contributed by atoms with Gasteiger partial charge in [-0.05, 0) is 32.4 Å². The number of likely N-dealkylation sites (tertiary alicyclic amines) is 1. The van der Waals surface area contributed by atoms with Crippen LogP contribution in [-0.2, 0) is 4.79 Å². The Morgan fingerprint density at radius 2 is 2.25 bits per heavy atom. The summed E-state index contributed by atoms with van der Waals surface area (Å²) in [4.78, 5) is 16.2. The number of amides is 1. The van der Waals surface area contributed by atoms with Crippen LogP contribution in [0.3, 0.4) is 0 Å². The summed E-state index contributed by atoms with van der Waals surface area (Å²) >= 11 is 0. The van der Waals surface area contributed by atoms with Crippen molar-refractivity contribution in [1.29, 1.82) is 0 Å². The maximum Gasteiger partial charge on any atom is 0.237 e. The number of nitrogens with zero attached hydrogens (tertiary/aromatic N) is 2. The first kappa shape index (κ1) is 11.9. The van der Waals surface area contributed by atoms with E-state index in [1.807, 2.05) is 4.90 Å². The lowest BCUT2D eigenvalue weighted by Gasteiger charge is -2.31. The monoisotopic (exact) mass is 225 g/mol. The Kier molecular flexibility index (Phi) is 3.50. The van der Waals surface area contributed by atoms with Crippen LogP contribution in [0.2, 0.25) is 0 Å². The van der Waals surface area contributed by atoms with E-state index < -0.39 is 0 Å². The van der Waals surface area contributed by atoms with Crippen LogP contribution in [0.1, 0.15) is 26.7 Å². The Labute approximate surface area is 98.0 Å². The smallest absolute Gasteiger partial charge is 0.237 e. The van der Waals surface area contributed by atoms with Crippen LogP contribution < -0.4 is 5.32 Å². The van der Waals surface area contributed by atoms with Gasteiger partial charge in [0.2, 0.25) is 5.91 Å². The van der Waals surface area contributed by atoms with Crippen LogP contribution in [0.25, 0.3) is 0 Å². The minimum Gasteiger partial charge on any atom is -0.324 e. The predicted molar refractivity (Wildman–Crippen MR) is 64.0 cm³/mol. The van der Waals surface area contributed by atoms with E-state index in [1.54, 1.807) is 0 Å². The Balaban J connectivity index is 1.98. The molecule has 1 N–H and O–H groups in total. The molecule has 0 bridgehead atoms. The predicted octanol–water partition coefficient (Wildman–Crippen LogP) is 0.495. The molecule has 16 heavy (non-hydrogen) atoms. The molecule has 0 aliphatic carbocycles. The van der Waals surface area contributed by atoms with Gasteiger partial charge in [0.15, 0.2) is 0 Å². The molecular formula is C12H23N3O. The van der Waals surface area contributed by atoms with E-state index in [2.05, 4.69) is 31.1 Å². The van der Waals surface area contributed by atoms with Gasteiger partial charge in [-0.1, -0.05) is 13.8 Å². The normalized spacial score (nSPS) is 32.0. The molecule has 2 fully saturated rings. The van der Waals surface area contributed by atoms with Crippen LogP contribution in [0.4, 0.5) is 0 Å². The first-order chi connectivity index (χ1) is 7.59. The Morgan fingerprint density at radius 1 is 1.50 bits per heavy atom. The van der Waals surface area contributed by atoms with E-state index in [-0.39, 0.29) is 12.1 Å². The standard InChI is InChI=1S/C12H23N3O/c1-9(2)12-13-7-11(16)15(12)8-10-5-4-6-14(10)3/h9-10,12-13H,4-8H2,1-3H3. The topological polar surface area (TPSA) is 35.6 Å². The highest BCUT2D eigenvalue weighted by Gasteiger charge is 2.35. The highest BCUT2D eigenvalue weighted by molar-refractivity contribution is 5.80. The highest BCUT2D eigenvalue weighted by atomic mass is 16.2. The van der Waals surface area contributed by atoms with E-state index >= 15 is 0 Å². The summed E-state index contributed by atoms with van der Waals surface area (Å²) < 4.78 is 0. The van der Waals surface area contributed by atoms with Crippen LogP contribution in [0, 0.1) is 5.92 Å². The first-order valence-corrected chi connectivity index (χ1v) is 6.32. The van der Waals surface area contributed by atoms with Crippen molar-refractivity contribution in [3.8, 4) is 0 Å². The summed E-state index contributed by atoms with van der Waals surface area (Å²) in [7, 11) is 2.16. The van der Waals surface area contributed by atoms with Gasteiger partial charge in [-0.15, -0.1) is 0 Å². The van der Waals surface area contributed by atoms with Crippen molar-refractivity contribution in [1.82, 2.24) is 15.1 Å². The molecule has 2 rings (SSSR count). The van der Waals surface area contributed by atoms with Crippen molar-refractivity contribution in [2.24, 2.45) is 5.92 Å². The van der Waals surface area contributed by atoms with Crippen LogP contribution in [-0.4, -0.2) is 54.6 Å². The number of hydrogen-bond acceptors (Lipinski definition) is 3. The SMILES string of the molecule is CC(C)C1NCC(=O)N1CC1CCCN1C. The van der Waals surface area contributed by atoms with E-state index in [0.29, 0.717) is 18.5 Å². The second kappa shape index (κ2) is 4.72. The molecule has 2 atom stereocenters. The molecule has 2 unspecified atom stereocenters. The number of carbonyl (C=O) groups excluding carboxylic acids is 1. The van der Waals surface area contributed by atoms with Gasteiger partial charge in [-0.25, -0.2) is 0 Å². The number of carbonyl (C=O) groups is 1. The number of likely N-dealkylation sites (N-methyl/N-ethyl adjacent to an activating group) is 1. The molecule has 0 spiro atoms. The van der Waals surface area contributed by atoms with Crippen LogP contribution in [0.5, 0.6) is 0 Å². The van der Waals surface area contributed by atoms with Gasteiger partial charge < -0.3 is 9.80 Å². The molecule has 4 nitrogen and oxygen atoms in total. The lowest BCUT2D eigenvalue weighted by atomic mass is 10.1. The molecular weight excluding hydrogens is 202 g/mol. The zero-order valence-corrected chi connectivity index (χ0v) is 10.6. The van der Waals surface area contributed by atoms with E-state index in [0.717, 1.165) is 6.54 Å². The van der Waals surface area contributed by atoms with Crippen molar-refractivity contribution in [3.05, 3.63) is 0 Å². The largest absolute Gasteiger partial charge is 0.324 e. The Morgan fingerprint density at radius 3 is 2.81 bits per heavy atom. The lowest BCUT2D eigenvalue weighted by molar-refractivity contribution is -0.129.